The second-order valence-corrected chi connectivity index (χ2v) is 6.65. The van der Waals surface area contributed by atoms with Crippen LogP contribution in [0.1, 0.15) is 37.9 Å². The molecule has 0 aliphatic heterocycles. The second-order valence-electron chi connectivity index (χ2n) is 6.65. The summed E-state index contributed by atoms with van der Waals surface area (Å²) in [5, 5.41) is 8.34. The van der Waals surface area contributed by atoms with Crippen LogP contribution in [0.3, 0.4) is 0 Å². The largest absolute Gasteiger partial charge is 0.416 e. The number of benzene rings is 1. The lowest BCUT2D eigenvalue weighted by Crippen LogP contribution is -2.31. The number of nitrogens with zero attached hydrogens (tertiary/aromatic N) is 1. The molecule has 2 rings (SSSR count). The quantitative estimate of drug-likeness (QED) is 0.657. The van der Waals surface area contributed by atoms with Gasteiger partial charge < -0.3 is 16.0 Å². The van der Waals surface area contributed by atoms with Crippen molar-refractivity contribution in [1.82, 2.24) is 10.3 Å². The molecule has 0 aliphatic carbocycles. The number of urea groups is 1. The van der Waals surface area contributed by atoms with Crippen molar-refractivity contribution in [1.29, 1.82) is 0 Å². The number of alkyl halides is 3. The standard InChI is InChI=1S/C19H23F3N4O/c1-12(2)11-24-17-9-14(7-8-23-17)13(3)25-18(27)26-16-6-4-5-15(10-16)19(20,21)22/h4-10,12-13H,11H2,1-3H3,(H,23,24)(H2,25,26,27). The average Bonchev–Trinajstić information content (AvgIpc) is 2.59. The normalized spacial score (nSPS) is 12.6. The Morgan fingerprint density at radius 3 is 2.56 bits per heavy atom. The summed E-state index contributed by atoms with van der Waals surface area (Å²) >= 11 is 0. The molecular formula is C19H23F3N4O. The molecule has 1 aromatic heterocycles. The minimum absolute atomic E-state index is 0.0727. The summed E-state index contributed by atoms with van der Waals surface area (Å²) in [5.41, 5.74) is 0.0855. The van der Waals surface area contributed by atoms with Gasteiger partial charge >= 0.3 is 12.2 Å². The highest BCUT2D eigenvalue weighted by molar-refractivity contribution is 5.89. The molecule has 0 aliphatic rings. The minimum atomic E-state index is -4.46. The van der Waals surface area contributed by atoms with Crippen LogP contribution in [0.5, 0.6) is 0 Å². The van der Waals surface area contributed by atoms with E-state index in [0.29, 0.717) is 11.7 Å². The van der Waals surface area contributed by atoms with Gasteiger partial charge in [-0.2, -0.15) is 13.2 Å². The van der Waals surface area contributed by atoms with Gasteiger partial charge in [-0.3, -0.25) is 0 Å². The highest BCUT2D eigenvalue weighted by Crippen LogP contribution is 2.30. The maximum absolute atomic E-state index is 12.7. The van der Waals surface area contributed by atoms with E-state index in [1.54, 1.807) is 19.2 Å². The van der Waals surface area contributed by atoms with Crippen LogP contribution >= 0.6 is 0 Å². The van der Waals surface area contributed by atoms with Gasteiger partial charge in [0.15, 0.2) is 0 Å². The predicted octanol–water partition coefficient (Wildman–Crippen LogP) is 5.05. The summed E-state index contributed by atoms with van der Waals surface area (Å²) in [5.74, 6) is 1.16. The van der Waals surface area contributed by atoms with E-state index in [4.69, 9.17) is 0 Å². The number of hydrogen-bond donors (Lipinski definition) is 3. The van der Waals surface area contributed by atoms with Crippen molar-refractivity contribution >= 4 is 17.5 Å². The first kappa shape index (κ1) is 20.5. The Morgan fingerprint density at radius 2 is 1.89 bits per heavy atom. The molecular weight excluding hydrogens is 357 g/mol. The number of halogens is 3. The van der Waals surface area contributed by atoms with Gasteiger partial charge in [-0.15, -0.1) is 0 Å². The van der Waals surface area contributed by atoms with Crippen LogP contribution < -0.4 is 16.0 Å². The summed E-state index contributed by atoms with van der Waals surface area (Å²) in [6.07, 6.45) is -2.82. The number of nitrogens with one attached hydrogen (secondary N) is 3. The lowest BCUT2D eigenvalue weighted by molar-refractivity contribution is -0.137. The van der Waals surface area contributed by atoms with E-state index in [-0.39, 0.29) is 11.7 Å². The topological polar surface area (TPSA) is 66.0 Å². The van der Waals surface area contributed by atoms with Crippen LogP contribution in [-0.2, 0) is 6.18 Å². The molecule has 0 bridgehead atoms. The SMILES string of the molecule is CC(C)CNc1cc(C(C)NC(=O)Nc2cccc(C(F)(F)F)c2)ccn1. The molecule has 0 saturated heterocycles. The molecule has 2 amide bonds. The number of rotatable bonds is 6. The second kappa shape index (κ2) is 8.75. The summed E-state index contributed by atoms with van der Waals surface area (Å²) in [6.45, 7) is 6.72. The molecule has 0 saturated carbocycles. The highest BCUT2D eigenvalue weighted by atomic mass is 19.4. The van der Waals surface area contributed by atoms with E-state index in [1.807, 2.05) is 6.07 Å². The number of anilines is 2. The third-order valence-corrected chi connectivity index (χ3v) is 3.77. The third-order valence-electron chi connectivity index (χ3n) is 3.77. The molecule has 1 aromatic carbocycles. The fraction of sp³-hybridized carbons (Fsp3) is 0.368. The van der Waals surface area contributed by atoms with Gasteiger partial charge in [0.05, 0.1) is 11.6 Å². The molecule has 8 heteroatoms. The van der Waals surface area contributed by atoms with E-state index < -0.39 is 17.8 Å². The Morgan fingerprint density at radius 1 is 1.15 bits per heavy atom. The lowest BCUT2D eigenvalue weighted by Gasteiger charge is -2.17. The van der Waals surface area contributed by atoms with Crippen molar-refractivity contribution in [2.75, 3.05) is 17.2 Å². The molecule has 0 spiro atoms. The summed E-state index contributed by atoms with van der Waals surface area (Å²) < 4.78 is 38.2. The molecule has 1 heterocycles. The first-order valence-corrected chi connectivity index (χ1v) is 8.59. The third kappa shape index (κ3) is 6.47. The molecule has 1 atom stereocenters. The number of carbonyl (C=O) groups excluding carboxylic acids is 1. The Labute approximate surface area is 156 Å². The molecule has 3 N–H and O–H groups in total. The van der Waals surface area contributed by atoms with Crippen LogP contribution in [-0.4, -0.2) is 17.6 Å². The average molecular weight is 380 g/mol. The van der Waals surface area contributed by atoms with Gasteiger partial charge in [-0.1, -0.05) is 19.9 Å². The fourth-order valence-electron chi connectivity index (χ4n) is 2.34. The molecule has 0 fully saturated rings. The molecule has 146 valence electrons. The highest BCUT2D eigenvalue weighted by Gasteiger charge is 2.30. The van der Waals surface area contributed by atoms with Crippen LogP contribution in [0, 0.1) is 5.92 Å². The maximum atomic E-state index is 12.7. The van der Waals surface area contributed by atoms with Gasteiger partial charge in [0.25, 0.3) is 0 Å². The monoisotopic (exact) mass is 380 g/mol. The van der Waals surface area contributed by atoms with Gasteiger partial charge in [0, 0.05) is 18.4 Å². The number of hydrogen-bond acceptors (Lipinski definition) is 3. The fourth-order valence-corrected chi connectivity index (χ4v) is 2.34. The Kier molecular flexibility index (Phi) is 6.65. The Bertz CT molecular complexity index is 778. The first-order valence-electron chi connectivity index (χ1n) is 8.59. The van der Waals surface area contributed by atoms with E-state index in [2.05, 4.69) is 34.8 Å². The summed E-state index contributed by atoms with van der Waals surface area (Å²) in [7, 11) is 0. The summed E-state index contributed by atoms with van der Waals surface area (Å²) in [4.78, 5) is 16.3. The van der Waals surface area contributed by atoms with Gasteiger partial charge in [0.1, 0.15) is 5.82 Å². The Balaban J connectivity index is 1.98. The van der Waals surface area contributed by atoms with Gasteiger partial charge in [-0.05, 0) is 48.7 Å². The zero-order valence-electron chi connectivity index (χ0n) is 15.4. The van der Waals surface area contributed by atoms with E-state index in [1.165, 1.54) is 12.1 Å². The zero-order valence-corrected chi connectivity index (χ0v) is 15.4. The van der Waals surface area contributed by atoms with E-state index >= 15 is 0 Å². The number of carbonyl (C=O) groups is 1. The van der Waals surface area contributed by atoms with E-state index in [9.17, 15) is 18.0 Å². The summed E-state index contributed by atoms with van der Waals surface area (Å²) in [6, 6.07) is 7.16. The lowest BCUT2D eigenvalue weighted by atomic mass is 10.1. The minimum Gasteiger partial charge on any atom is -0.370 e. The van der Waals surface area contributed by atoms with Crippen LogP contribution in [0.15, 0.2) is 42.6 Å². The smallest absolute Gasteiger partial charge is 0.370 e. The van der Waals surface area contributed by atoms with Gasteiger partial charge in [0.2, 0.25) is 0 Å². The van der Waals surface area contributed by atoms with Crippen LogP contribution in [0.4, 0.5) is 29.5 Å². The van der Waals surface area contributed by atoms with E-state index in [0.717, 1.165) is 24.2 Å². The van der Waals surface area contributed by atoms with Crippen LogP contribution in [0.25, 0.3) is 0 Å². The zero-order chi connectivity index (χ0) is 20.0. The molecule has 0 radical (unpaired) electrons. The molecule has 1 unspecified atom stereocenters. The van der Waals surface area contributed by atoms with Crippen molar-refractivity contribution in [3.8, 4) is 0 Å². The molecule has 2 aromatic rings. The van der Waals surface area contributed by atoms with Crippen LogP contribution in [0.2, 0.25) is 0 Å². The maximum Gasteiger partial charge on any atom is 0.416 e. The molecule has 5 nitrogen and oxygen atoms in total. The predicted molar refractivity (Wildman–Crippen MR) is 99.6 cm³/mol. The number of pyridine rings is 1. The van der Waals surface area contributed by atoms with Crippen molar-refractivity contribution in [2.24, 2.45) is 5.92 Å². The molecule has 27 heavy (non-hydrogen) atoms. The van der Waals surface area contributed by atoms with Crippen molar-refractivity contribution in [3.05, 3.63) is 53.7 Å². The number of aromatic nitrogens is 1. The first-order chi connectivity index (χ1) is 12.6. The van der Waals surface area contributed by atoms with Crippen molar-refractivity contribution in [3.63, 3.8) is 0 Å². The van der Waals surface area contributed by atoms with Crippen molar-refractivity contribution in [2.45, 2.75) is 33.0 Å². The van der Waals surface area contributed by atoms with Crippen molar-refractivity contribution < 1.29 is 18.0 Å². The Hall–Kier alpha value is -2.77. The number of amides is 2. The van der Waals surface area contributed by atoms with Gasteiger partial charge in [-0.25, -0.2) is 9.78 Å².